The van der Waals surface area contributed by atoms with Crippen LogP contribution in [0.5, 0.6) is 0 Å². The Bertz CT molecular complexity index is 596. The summed E-state index contributed by atoms with van der Waals surface area (Å²) in [4.78, 5) is 13.6. The first-order chi connectivity index (χ1) is 9.28. The van der Waals surface area contributed by atoms with E-state index in [2.05, 4.69) is 27.2 Å². The van der Waals surface area contributed by atoms with E-state index in [0.29, 0.717) is 10.2 Å². The number of nitrogens with one attached hydrogen (secondary N) is 1. The molecule has 0 amide bonds. The lowest BCUT2D eigenvalue weighted by molar-refractivity contribution is 0.664. The molecule has 3 rings (SSSR count). The molecule has 0 unspecified atom stereocenters. The van der Waals surface area contributed by atoms with Crippen LogP contribution in [0.1, 0.15) is 31.0 Å². The molecule has 0 saturated carbocycles. The van der Waals surface area contributed by atoms with Crippen molar-refractivity contribution in [3.8, 4) is 10.8 Å². The van der Waals surface area contributed by atoms with Gasteiger partial charge >= 0.3 is 0 Å². The summed E-state index contributed by atoms with van der Waals surface area (Å²) in [5.74, 6) is 1.65. The monoisotopic (exact) mass is 294 g/mol. The maximum atomic E-state index is 5.94. The molecular formula is C13H15ClN4S. The Morgan fingerprint density at radius 1 is 1.32 bits per heavy atom. The fourth-order valence-electron chi connectivity index (χ4n) is 2.36. The van der Waals surface area contributed by atoms with Crippen LogP contribution in [0.25, 0.3) is 10.8 Å². The van der Waals surface area contributed by atoms with Crippen LogP contribution in [0, 0.1) is 0 Å². The molecule has 0 aromatic carbocycles. The van der Waals surface area contributed by atoms with Crippen molar-refractivity contribution in [1.82, 2.24) is 15.0 Å². The summed E-state index contributed by atoms with van der Waals surface area (Å²) in [6.07, 6.45) is 6.17. The van der Waals surface area contributed by atoms with Crippen molar-refractivity contribution in [3.05, 3.63) is 21.8 Å². The molecule has 0 aliphatic heterocycles. The van der Waals surface area contributed by atoms with Crippen molar-refractivity contribution in [3.63, 3.8) is 0 Å². The zero-order valence-corrected chi connectivity index (χ0v) is 12.3. The van der Waals surface area contributed by atoms with Gasteiger partial charge < -0.3 is 5.32 Å². The second-order valence-electron chi connectivity index (χ2n) is 4.53. The molecule has 6 heteroatoms. The molecule has 100 valence electrons. The van der Waals surface area contributed by atoms with E-state index in [9.17, 15) is 0 Å². The van der Waals surface area contributed by atoms with Crippen molar-refractivity contribution in [2.75, 3.05) is 11.9 Å². The van der Waals surface area contributed by atoms with Gasteiger partial charge in [0.15, 0.2) is 10.8 Å². The molecule has 0 bridgehead atoms. The summed E-state index contributed by atoms with van der Waals surface area (Å²) in [5.41, 5.74) is 2.44. The zero-order chi connectivity index (χ0) is 13.2. The van der Waals surface area contributed by atoms with Crippen molar-refractivity contribution in [1.29, 1.82) is 0 Å². The molecule has 0 atom stereocenters. The maximum absolute atomic E-state index is 5.94. The maximum Gasteiger partial charge on any atom is 0.190 e. The highest BCUT2D eigenvalue weighted by Crippen LogP contribution is 2.31. The second kappa shape index (κ2) is 5.43. The van der Waals surface area contributed by atoms with Crippen LogP contribution in [-0.2, 0) is 12.8 Å². The van der Waals surface area contributed by atoms with Crippen LogP contribution >= 0.6 is 22.9 Å². The number of halogens is 1. The van der Waals surface area contributed by atoms with Gasteiger partial charge in [0.25, 0.3) is 0 Å². The Hall–Kier alpha value is -1.20. The van der Waals surface area contributed by atoms with Gasteiger partial charge in [-0.25, -0.2) is 15.0 Å². The minimum absolute atomic E-state index is 0.668. The van der Waals surface area contributed by atoms with Crippen LogP contribution in [0.15, 0.2) is 6.20 Å². The summed E-state index contributed by atoms with van der Waals surface area (Å²) >= 11 is 7.36. The van der Waals surface area contributed by atoms with Gasteiger partial charge in [-0.3, -0.25) is 0 Å². The third-order valence-corrected chi connectivity index (χ3v) is 4.31. The van der Waals surface area contributed by atoms with E-state index >= 15 is 0 Å². The molecule has 0 fully saturated rings. The molecule has 2 heterocycles. The summed E-state index contributed by atoms with van der Waals surface area (Å²) in [7, 11) is 0. The molecule has 0 saturated heterocycles. The van der Waals surface area contributed by atoms with Gasteiger partial charge in [0.1, 0.15) is 10.2 Å². The van der Waals surface area contributed by atoms with E-state index in [1.54, 1.807) is 6.20 Å². The minimum Gasteiger partial charge on any atom is -0.370 e. The minimum atomic E-state index is 0.668. The van der Waals surface area contributed by atoms with Crippen molar-refractivity contribution in [2.24, 2.45) is 0 Å². The van der Waals surface area contributed by atoms with Gasteiger partial charge in [0, 0.05) is 17.8 Å². The van der Waals surface area contributed by atoms with E-state index in [1.807, 2.05) is 0 Å². The molecule has 1 aliphatic rings. The average molecular weight is 295 g/mol. The highest BCUT2D eigenvalue weighted by Gasteiger charge is 2.19. The molecule has 1 N–H and O–H groups in total. The van der Waals surface area contributed by atoms with Gasteiger partial charge in [0.05, 0.1) is 6.20 Å². The van der Waals surface area contributed by atoms with Crippen LogP contribution < -0.4 is 5.32 Å². The lowest BCUT2D eigenvalue weighted by Gasteiger charge is -2.18. The fraction of sp³-hybridized carbons (Fsp3) is 0.462. The van der Waals surface area contributed by atoms with E-state index in [0.717, 1.165) is 30.2 Å². The second-order valence-corrected chi connectivity index (χ2v) is 6.19. The van der Waals surface area contributed by atoms with E-state index in [1.165, 1.54) is 35.4 Å². The predicted molar refractivity (Wildman–Crippen MR) is 79.0 cm³/mol. The lowest BCUT2D eigenvalue weighted by Crippen LogP contribution is -2.13. The average Bonchev–Trinajstić information content (AvgIpc) is 2.86. The van der Waals surface area contributed by atoms with Crippen LogP contribution in [0.2, 0.25) is 4.34 Å². The molecule has 0 radical (unpaired) electrons. The number of fused-ring (bicyclic) bond motifs is 1. The molecule has 2 aromatic rings. The van der Waals surface area contributed by atoms with Crippen molar-refractivity contribution < 1.29 is 0 Å². The van der Waals surface area contributed by atoms with E-state index in [4.69, 9.17) is 11.6 Å². The largest absolute Gasteiger partial charge is 0.370 e. The number of nitrogens with zero attached hydrogens (tertiary/aromatic N) is 3. The van der Waals surface area contributed by atoms with Crippen LogP contribution in [0.4, 0.5) is 5.82 Å². The van der Waals surface area contributed by atoms with Crippen molar-refractivity contribution in [2.45, 2.75) is 32.6 Å². The fourth-order valence-corrected chi connectivity index (χ4v) is 3.21. The standard InChI is InChI=1S/C13H15ClN4S/c1-2-15-11-8-5-3-4-6-9(8)17-12(18-11)13-16-7-10(14)19-13/h7H,2-6H2,1H3,(H,15,17,18). The number of aromatic nitrogens is 3. The predicted octanol–water partition coefficient (Wildman–Crippen LogP) is 3.56. The summed E-state index contributed by atoms with van der Waals surface area (Å²) in [6.45, 7) is 2.94. The quantitative estimate of drug-likeness (QED) is 0.940. The third-order valence-electron chi connectivity index (χ3n) is 3.20. The molecule has 0 spiro atoms. The Morgan fingerprint density at radius 3 is 2.89 bits per heavy atom. The first kappa shape index (κ1) is 12.8. The number of hydrogen-bond donors (Lipinski definition) is 1. The van der Waals surface area contributed by atoms with Gasteiger partial charge in [0.2, 0.25) is 0 Å². The Kier molecular flexibility index (Phi) is 3.66. The smallest absolute Gasteiger partial charge is 0.190 e. The number of thiazole rings is 1. The summed E-state index contributed by atoms with van der Waals surface area (Å²) in [6, 6.07) is 0. The summed E-state index contributed by atoms with van der Waals surface area (Å²) < 4.78 is 0.668. The lowest BCUT2D eigenvalue weighted by atomic mass is 9.96. The number of rotatable bonds is 3. The first-order valence-electron chi connectivity index (χ1n) is 6.53. The van der Waals surface area contributed by atoms with E-state index < -0.39 is 0 Å². The van der Waals surface area contributed by atoms with Gasteiger partial charge in [-0.1, -0.05) is 22.9 Å². The Balaban J connectivity index is 2.08. The summed E-state index contributed by atoms with van der Waals surface area (Å²) in [5, 5.41) is 4.13. The molecule has 4 nitrogen and oxygen atoms in total. The molecule has 1 aliphatic carbocycles. The highest BCUT2D eigenvalue weighted by molar-refractivity contribution is 7.18. The Labute approximate surface area is 121 Å². The zero-order valence-electron chi connectivity index (χ0n) is 10.7. The van der Waals surface area contributed by atoms with Gasteiger partial charge in [-0.05, 0) is 32.6 Å². The normalized spacial score (nSPS) is 14.2. The van der Waals surface area contributed by atoms with E-state index in [-0.39, 0.29) is 0 Å². The SMILES string of the molecule is CCNc1nc(-c2ncc(Cl)s2)nc2c1CCCC2. The highest BCUT2D eigenvalue weighted by atomic mass is 35.5. The topological polar surface area (TPSA) is 50.7 Å². The molecular weight excluding hydrogens is 280 g/mol. The third kappa shape index (κ3) is 2.58. The Morgan fingerprint density at radius 2 is 2.16 bits per heavy atom. The number of anilines is 1. The van der Waals surface area contributed by atoms with Gasteiger partial charge in [-0.15, -0.1) is 0 Å². The van der Waals surface area contributed by atoms with Crippen LogP contribution in [-0.4, -0.2) is 21.5 Å². The first-order valence-corrected chi connectivity index (χ1v) is 7.72. The number of aryl methyl sites for hydroxylation is 1. The van der Waals surface area contributed by atoms with Crippen molar-refractivity contribution >= 4 is 28.8 Å². The van der Waals surface area contributed by atoms with Crippen LogP contribution in [0.3, 0.4) is 0 Å². The van der Waals surface area contributed by atoms with Gasteiger partial charge in [-0.2, -0.15) is 0 Å². The molecule has 2 aromatic heterocycles. The number of hydrogen-bond acceptors (Lipinski definition) is 5. The molecule has 19 heavy (non-hydrogen) atoms.